The van der Waals surface area contributed by atoms with Crippen LogP contribution in [0.2, 0.25) is 0 Å². The molecular formula is C24H37N4O+. The highest BCUT2D eigenvalue weighted by Gasteiger charge is 2.49. The number of hydrogen-bond donors (Lipinski definition) is 2. The number of anilines is 1. The van der Waals surface area contributed by atoms with E-state index in [0.717, 1.165) is 62.2 Å². The van der Waals surface area contributed by atoms with E-state index in [1.165, 1.54) is 37.1 Å². The fourth-order valence-electron chi connectivity index (χ4n) is 6.89. The van der Waals surface area contributed by atoms with Crippen LogP contribution in [0.1, 0.15) is 51.0 Å². The average Bonchev–Trinajstić information content (AvgIpc) is 3.45. The van der Waals surface area contributed by atoms with Crippen LogP contribution >= 0.6 is 0 Å². The minimum absolute atomic E-state index is 0.108. The quantitative estimate of drug-likeness (QED) is 0.771. The first-order valence-electron chi connectivity index (χ1n) is 11.8. The zero-order valence-corrected chi connectivity index (χ0v) is 18.2. The molecule has 29 heavy (non-hydrogen) atoms. The van der Waals surface area contributed by atoms with Crippen LogP contribution in [0, 0.1) is 12.3 Å². The van der Waals surface area contributed by atoms with Gasteiger partial charge in [0.15, 0.2) is 0 Å². The molecule has 5 heteroatoms. The molecule has 4 fully saturated rings. The summed E-state index contributed by atoms with van der Waals surface area (Å²) in [6.07, 6.45) is 6.90. The van der Waals surface area contributed by atoms with Gasteiger partial charge in [-0.1, -0.05) is 0 Å². The number of rotatable bonds is 3. The molecule has 0 bridgehead atoms. The Hall–Kier alpha value is -1.43. The molecule has 158 valence electrons. The number of amides is 1. The van der Waals surface area contributed by atoms with Crippen molar-refractivity contribution in [1.29, 1.82) is 0 Å². The first kappa shape index (κ1) is 19.5. The number of likely N-dealkylation sites (tertiary alicyclic amines) is 1. The Bertz CT molecular complexity index is 781. The molecule has 5 nitrogen and oxygen atoms in total. The van der Waals surface area contributed by atoms with Gasteiger partial charge in [-0.15, -0.1) is 0 Å². The second-order valence-corrected chi connectivity index (χ2v) is 10.00. The largest absolute Gasteiger partial charge is 0.317 e. The molecule has 0 aromatic heterocycles. The normalized spacial score (nSPS) is 34.4. The van der Waals surface area contributed by atoms with Crippen LogP contribution in [0.5, 0.6) is 0 Å². The van der Waals surface area contributed by atoms with Crippen LogP contribution in [0.15, 0.2) is 18.2 Å². The van der Waals surface area contributed by atoms with Gasteiger partial charge in [0, 0.05) is 56.7 Å². The van der Waals surface area contributed by atoms with Crippen molar-refractivity contribution in [1.82, 2.24) is 15.1 Å². The van der Waals surface area contributed by atoms with Crippen LogP contribution in [0.25, 0.3) is 0 Å². The Labute approximate surface area is 175 Å². The Kier molecular flexibility index (Phi) is 4.96. The maximum Gasteiger partial charge on any atom is 0.233 e. The highest BCUT2D eigenvalue weighted by Crippen LogP contribution is 2.44. The molecule has 0 aliphatic carbocycles. The van der Waals surface area contributed by atoms with Crippen molar-refractivity contribution in [3.05, 3.63) is 23.8 Å². The molecule has 1 amide bonds. The summed E-state index contributed by atoms with van der Waals surface area (Å²) in [5, 5.41) is 7.02. The molecule has 1 unspecified atom stereocenters. The number of hydrogen-bond acceptors (Lipinski definition) is 3. The highest BCUT2D eigenvalue weighted by atomic mass is 16.2. The molecule has 5 rings (SSSR count). The van der Waals surface area contributed by atoms with Gasteiger partial charge >= 0.3 is 0 Å². The van der Waals surface area contributed by atoms with Crippen LogP contribution in [-0.2, 0) is 4.79 Å². The predicted molar refractivity (Wildman–Crippen MR) is 119 cm³/mol. The first-order valence-corrected chi connectivity index (χ1v) is 11.8. The lowest BCUT2D eigenvalue weighted by Gasteiger charge is -2.43. The Morgan fingerprint density at radius 3 is 2.59 bits per heavy atom. The third-order valence-electron chi connectivity index (χ3n) is 8.65. The zero-order valence-electron chi connectivity index (χ0n) is 18.2. The van der Waals surface area contributed by atoms with Gasteiger partial charge in [-0.3, -0.25) is 9.28 Å². The SMILES string of the molecule is Cc1cc([N+]2([C@@H]3CCNC3)CCC[C@@H]2C)ccc1N1CCC2(CCNCC2)C1=O. The molecule has 2 N–H and O–H groups in total. The van der Waals surface area contributed by atoms with Gasteiger partial charge in [0.2, 0.25) is 5.91 Å². The van der Waals surface area contributed by atoms with E-state index in [4.69, 9.17) is 0 Å². The van der Waals surface area contributed by atoms with Gasteiger partial charge < -0.3 is 15.5 Å². The molecule has 4 heterocycles. The summed E-state index contributed by atoms with van der Waals surface area (Å²) in [6, 6.07) is 8.39. The van der Waals surface area contributed by atoms with Crippen molar-refractivity contribution in [2.24, 2.45) is 5.41 Å². The van der Waals surface area contributed by atoms with Crippen LogP contribution < -0.4 is 20.0 Å². The molecule has 0 saturated carbocycles. The number of carbonyl (C=O) groups is 1. The summed E-state index contributed by atoms with van der Waals surface area (Å²) in [5.41, 5.74) is 3.77. The predicted octanol–water partition coefficient (Wildman–Crippen LogP) is 2.95. The standard InChI is InChI=1S/C24H37N4O/c1-18-16-20(28(15-3-4-19(28)2)21-7-11-26-17-21)5-6-22(18)27-14-10-24(23(27)29)8-12-25-13-9-24/h5-6,16,19,21,25-26H,3-4,7-15,17H2,1-2H3/q+1/t19-,21+,28?/m0/s1. The number of nitrogens with one attached hydrogen (secondary N) is 2. The van der Waals surface area contributed by atoms with E-state index < -0.39 is 0 Å². The monoisotopic (exact) mass is 397 g/mol. The third-order valence-corrected chi connectivity index (χ3v) is 8.65. The van der Waals surface area contributed by atoms with E-state index in [1.54, 1.807) is 0 Å². The van der Waals surface area contributed by atoms with Gasteiger partial charge in [0.05, 0.1) is 18.0 Å². The van der Waals surface area contributed by atoms with E-state index in [2.05, 4.69) is 47.6 Å². The minimum atomic E-state index is -0.108. The van der Waals surface area contributed by atoms with E-state index >= 15 is 0 Å². The summed E-state index contributed by atoms with van der Waals surface area (Å²) >= 11 is 0. The molecule has 0 radical (unpaired) electrons. The van der Waals surface area contributed by atoms with Crippen molar-refractivity contribution < 1.29 is 4.79 Å². The highest BCUT2D eigenvalue weighted by molar-refractivity contribution is 6.00. The minimum Gasteiger partial charge on any atom is -0.317 e. The number of aryl methyl sites for hydroxylation is 1. The lowest BCUT2D eigenvalue weighted by atomic mass is 9.77. The van der Waals surface area contributed by atoms with E-state index in [-0.39, 0.29) is 5.41 Å². The number of piperidine rings is 1. The third kappa shape index (κ3) is 2.96. The second kappa shape index (κ2) is 7.36. The molecule has 1 aromatic carbocycles. The van der Waals surface area contributed by atoms with Gasteiger partial charge in [-0.25, -0.2) is 0 Å². The van der Waals surface area contributed by atoms with Crippen molar-refractivity contribution in [2.75, 3.05) is 44.2 Å². The van der Waals surface area contributed by atoms with Gasteiger partial charge in [-0.2, -0.15) is 0 Å². The number of benzene rings is 1. The molecule has 1 spiro atoms. The molecule has 4 aliphatic heterocycles. The maximum atomic E-state index is 13.4. The van der Waals surface area contributed by atoms with E-state index in [9.17, 15) is 4.79 Å². The summed E-state index contributed by atoms with van der Waals surface area (Å²) in [4.78, 5) is 15.5. The smallest absolute Gasteiger partial charge is 0.233 e. The number of quaternary nitrogens is 1. The zero-order chi connectivity index (χ0) is 20.1. The van der Waals surface area contributed by atoms with Crippen molar-refractivity contribution >= 4 is 17.3 Å². The van der Waals surface area contributed by atoms with Crippen molar-refractivity contribution in [3.8, 4) is 0 Å². The van der Waals surface area contributed by atoms with Crippen LogP contribution in [-0.4, -0.2) is 57.3 Å². The van der Waals surface area contributed by atoms with Crippen molar-refractivity contribution in [3.63, 3.8) is 0 Å². The van der Waals surface area contributed by atoms with Crippen LogP contribution in [0.4, 0.5) is 11.4 Å². The molecule has 3 atom stereocenters. The fourth-order valence-corrected chi connectivity index (χ4v) is 6.89. The average molecular weight is 398 g/mol. The van der Waals surface area contributed by atoms with E-state index in [0.29, 0.717) is 18.0 Å². The molecule has 4 aliphatic rings. The fraction of sp³-hybridized carbons (Fsp3) is 0.708. The van der Waals surface area contributed by atoms with Crippen molar-refractivity contribution in [2.45, 2.75) is 64.5 Å². The second-order valence-electron chi connectivity index (χ2n) is 10.00. The Balaban J connectivity index is 1.45. The van der Waals surface area contributed by atoms with Crippen LogP contribution in [0.3, 0.4) is 0 Å². The topological polar surface area (TPSA) is 44.4 Å². The van der Waals surface area contributed by atoms with E-state index in [1.807, 2.05) is 0 Å². The molecular weight excluding hydrogens is 360 g/mol. The summed E-state index contributed by atoms with van der Waals surface area (Å²) in [7, 11) is 0. The molecule has 1 aromatic rings. The van der Waals surface area contributed by atoms with Gasteiger partial charge in [0.25, 0.3) is 0 Å². The number of carbonyl (C=O) groups excluding carboxylic acids is 1. The number of nitrogens with zero attached hydrogens (tertiary/aromatic N) is 2. The van der Waals surface area contributed by atoms with Gasteiger partial charge in [0.1, 0.15) is 11.7 Å². The van der Waals surface area contributed by atoms with Gasteiger partial charge in [-0.05, 0) is 57.8 Å². The lowest BCUT2D eigenvalue weighted by Crippen LogP contribution is -2.59. The molecule has 4 saturated heterocycles. The lowest BCUT2D eigenvalue weighted by molar-refractivity contribution is -0.126. The summed E-state index contributed by atoms with van der Waals surface area (Å²) in [5.74, 6) is 0.369. The maximum absolute atomic E-state index is 13.4. The Morgan fingerprint density at radius 1 is 1.10 bits per heavy atom. The first-order chi connectivity index (χ1) is 14.1. The Morgan fingerprint density at radius 2 is 1.93 bits per heavy atom. The summed E-state index contributed by atoms with van der Waals surface area (Å²) < 4.78 is 1.14. The summed E-state index contributed by atoms with van der Waals surface area (Å²) in [6.45, 7) is 11.0.